The number of rotatable bonds is 5. The molecule has 1 heterocycles. The molecule has 1 aromatic carbocycles. The van der Waals surface area contributed by atoms with Crippen LogP contribution in [0.15, 0.2) is 30.3 Å². The minimum atomic E-state index is -4.41. The van der Waals surface area contributed by atoms with Gasteiger partial charge in [0, 0.05) is 19.3 Å². The van der Waals surface area contributed by atoms with E-state index in [1.807, 2.05) is 0 Å². The van der Waals surface area contributed by atoms with Crippen LogP contribution in [0.5, 0.6) is 0 Å². The zero-order valence-electron chi connectivity index (χ0n) is 17.9. The van der Waals surface area contributed by atoms with Crippen molar-refractivity contribution in [3.05, 3.63) is 30.3 Å². The molecule has 0 radical (unpaired) electrons. The van der Waals surface area contributed by atoms with E-state index in [1.54, 1.807) is 0 Å². The van der Waals surface area contributed by atoms with E-state index in [4.69, 9.17) is 0 Å². The molecule has 0 aromatic heterocycles. The number of likely N-dealkylation sites (N-methyl/N-ethyl adjacent to an activating group) is 1. The topological polar surface area (TPSA) is 89.9 Å². The first-order chi connectivity index (χ1) is 13.6. The van der Waals surface area contributed by atoms with Crippen LogP contribution in [0, 0.1) is 0 Å². The van der Waals surface area contributed by atoms with Crippen molar-refractivity contribution in [2.24, 2.45) is 0 Å². The van der Waals surface area contributed by atoms with E-state index in [2.05, 4.69) is 53.5 Å². The van der Waals surface area contributed by atoms with Crippen molar-refractivity contribution >= 4 is 23.9 Å². The summed E-state index contributed by atoms with van der Waals surface area (Å²) in [6.07, 6.45) is 7.35. The highest BCUT2D eigenvalue weighted by Gasteiger charge is 2.44. The van der Waals surface area contributed by atoms with Gasteiger partial charge in [-0.3, -0.25) is 9.08 Å². The third-order valence-corrected chi connectivity index (χ3v) is 10.9. The van der Waals surface area contributed by atoms with Crippen molar-refractivity contribution in [2.75, 3.05) is 53.6 Å². The summed E-state index contributed by atoms with van der Waals surface area (Å²) in [7, 11) is -1.41. The molecule has 1 saturated heterocycles. The van der Waals surface area contributed by atoms with Crippen molar-refractivity contribution in [1.82, 2.24) is 4.90 Å². The van der Waals surface area contributed by atoms with Gasteiger partial charge in [0.05, 0.1) is 34.3 Å². The van der Waals surface area contributed by atoms with Crippen LogP contribution in [0.3, 0.4) is 0 Å². The molecular formula is C20H36N2O5SSi. The minimum absolute atomic E-state index is 0.545. The monoisotopic (exact) mass is 444 g/mol. The van der Waals surface area contributed by atoms with E-state index in [1.165, 1.54) is 50.4 Å². The number of quaternary nitrogens is 1. The third-order valence-electron chi connectivity index (χ3n) is 6.27. The van der Waals surface area contributed by atoms with E-state index in [0.717, 1.165) is 30.9 Å². The molecule has 1 aromatic rings. The summed E-state index contributed by atoms with van der Waals surface area (Å²) in [6, 6.07) is 10.6. The maximum absolute atomic E-state index is 11.9. The molecule has 0 amide bonds. The fourth-order valence-corrected chi connectivity index (χ4v) is 8.35. The normalized spacial score (nSPS) is 22.9. The lowest BCUT2D eigenvalue weighted by Crippen LogP contribution is -2.64. The molecule has 2 aliphatic rings. The fourth-order valence-electron chi connectivity index (χ4n) is 4.31. The molecule has 166 valence electrons. The van der Waals surface area contributed by atoms with Gasteiger partial charge in [-0.1, -0.05) is 62.4 Å². The third kappa shape index (κ3) is 7.75. The number of hydrogen-bond acceptors (Lipinski definition) is 6. The van der Waals surface area contributed by atoms with Gasteiger partial charge in [-0.15, -0.1) is 0 Å². The second-order valence-corrected chi connectivity index (χ2v) is 13.6. The van der Waals surface area contributed by atoms with E-state index < -0.39 is 18.7 Å². The summed E-state index contributed by atoms with van der Waals surface area (Å²) in [5, 5.41) is 1.26. The maximum Gasteiger partial charge on any atom is 0.237 e. The number of hydrogen-bond donors (Lipinski definition) is 1. The molecule has 0 spiro atoms. The van der Waals surface area contributed by atoms with Crippen LogP contribution in [0.1, 0.15) is 32.1 Å². The van der Waals surface area contributed by atoms with Crippen molar-refractivity contribution in [1.29, 1.82) is 0 Å². The summed E-state index contributed by atoms with van der Waals surface area (Å²) >= 11 is 0. The smallest absolute Gasteiger partial charge is 0.237 e. The Morgan fingerprint density at radius 3 is 2.14 bits per heavy atom. The second-order valence-electron chi connectivity index (χ2n) is 8.86. The molecule has 1 unspecified atom stereocenters. The highest BCUT2D eigenvalue weighted by Crippen LogP contribution is 2.36. The van der Waals surface area contributed by atoms with Gasteiger partial charge in [-0.2, -0.15) is 0 Å². The number of benzene rings is 1. The molecule has 1 aliphatic carbocycles. The summed E-state index contributed by atoms with van der Waals surface area (Å²) in [5.74, 6) is 0. The molecular weight excluding hydrogens is 408 g/mol. The first-order valence-corrected chi connectivity index (χ1v) is 14.0. The largest absolute Gasteiger partial charge is 0.726 e. The van der Waals surface area contributed by atoms with E-state index in [-0.39, 0.29) is 0 Å². The van der Waals surface area contributed by atoms with Crippen LogP contribution in [0.25, 0.3) is 0 Å². The molecule has 1 aliphatic heterocycles. The van der Waals surface area contributed by atoms with Gasteiger partial charge in [0.1, 0.15) is 0 Å². The molecule has 7 nitrogen and oxygen atoms in total. The first-order valence-electron chi connectivity index (χ1n) is 10.4. The Labute approximate surface area is 177 Å². The van der Waals surface area contributed by atoms with Gasteiger partial charge in [0.15, 0.2) is 0 Å². The molecule has 1 atom stereocenters. The summed E-state index contributed by atoms with van der Waals surface area (Å²) < 4.78 is 32.1. The van der Waals surface area contributed by atoms with Gasteiger partial charge in [-0.05, 0) is 10.7 Å². The van der Waals surface area contributed by atoms with E-state index >= 15 is 0 Å². The lowest BCUT2D eigenvalue weighted by Gasteiger charge is -2.44. The van der Waals surface area contributed by atoms with Crippen molar-refractivity contribution < 1.29 is 26.4 Å². The van der Waals surface area contributed by atoms with Crippen LogP contribution in [-0.2, 0) is 14.6 Å². The number of piperazine rings is 1. The molecule has 2 fully saturated rings. The highest BCUT2D eigenvalue weighted by atomic mass is 32.3. The Morgan fingerprint density at radius 2 is 1.66 bits per heavy atom. The van der Waals surface area contributed by atoms with E-state index in [9.17, 15) is 17.8 Å². The van der Waals surface area contributed by atoms with Crippen LogP contribution >= 0.6 is 0 Å². The fraction of sp³-hybridized carbons (Fsp3) is 0.700. The SMILES string of the molecule is COS(=O)(=O)[O-].C[N+]1(C)CCN(C[Si](O)(c2ccccc2)C2CCCCC2)CC1. The van der Waals surface area contributed by atoms with Gasteiger partial charge >= 0.3 is 0 Å². The Kier molecular flexibility index (Phi) is 8.83. The Morgan fingerprint density at radius 1 is 1.14 bits per heavy atom. The average molecular weight is 445 g/mol. The van der Waals surface area contributed by atoms with E-state index in [0.29, 0.717) is 5.54 Å². The predicted molar refractivity (Wildman–Crippen MR) is 116 cm³/mol. The van der Waals surface area contributed by atoms with Crippen molar-refractivity contribution in [2.45, 2.75) is 37.6 Å². The Hall–Kier alpha value is -0.813. The van der Waals surface area contributed by atoms with Gasteiger partial charge < -0.3 is 13.8 Å². The minimum Gasteiger partial charge on any atom is -0.726 e. The molecule has 0 bridgehead atoms. The van der Waals surface area contributed by atoms with Crippen LogP contribution < -0.4 is 5.19 Å². The van der Waals surface area contributed by atoms with Gasteiger partial charge in [0.25, 0.3) is 0 Å². The highest BCUT2D eigenvalue weighted by molar-refractivity contribution is 7.80. The molecule has 9 heteroatoms. The first kappa shape index (κ1) is 24.5. The summed E-state index contributed by atoms with van der Waals surface area (Å²) in [6.45, 7) is 4.65. The van der Waals surface area contributed by atoms with Crippen LogP contribution in [0.2, 0.25) is 5.54 Å². The van der Waals surface area contributed by atoms with Crippen molar-refractivity contribution in [3.63, 3.8) is 0 Å². The van der Waals surface area contributed by atoms with Gasteiger partial charge in [0.2, 0.25) is 18.7 Å². The zero-order valence-corrected chi connectivity index (χ0v) is 19.7. The van der Waals surface area contributed by atoms with Gasteiger partial charge in [-0.25, -0.2) is 8.42 Å². The Balaban J connectivity index is 0.000000438. The summed E-state index contributed by atoms with van der Waals surface area (Å²) in [4.78, 5) is 14.4. The molecule has 29 heavy (non-hydrogen) atoms. The molecule has 1 saturated carbocycles. The predicted octanol–water partition coefficient (Wildman–Crippen LogP) is 1.19. The standard InChI is InChI=1S/C19H33N2OSi.CH4O4S/c1-21(2)15-13-20(14-16-21)17-23(22,18-9-5-3-6-10-18)19-11-7-4-8-12-19;1-5-6(2,3)4/h3,5-6,9-10,19,22H,4,7-8,11-17H2,1-2H3;1H3,(H,2,3,4)/q+1;/p-1. The van der Waals surface area contributed by atoms with Crippen LogP contribution in [-0.4, -0.2) is 89.0 Å². The average Bonchev–Trinajstić information content (AvgIpc) is 2.71. The quantitative estimate of drug-likeness (QED) is 0.318. The lowest BCUT2D eigenvalue weighted by atomic mass is 10.0. The Bertz CT molecular complexity index is 716. The second kappa shape index (κ2) is 10.5. The lowest BCUT2D eigenvalue weighted by molar-refractivity contribution is -0.894. The summed E-state index contributed by atoms with van der Waals surface area (Å²) in [5.41, 5.74) is 0.545. The van der Waals surface area contributed by atoms with Crippen molar-refractivity contribution in [3.8, 4) is 0 Å². The zero-order chi connectivity index (χ0) is 21.5. The molecule has 3 rings (SSSR count). The van der Waals surface area contributed by atoms with Crippen LogP contribution in [0.4, 0.5) is 0 Å². The maximum atomic E-state index is 11.9. The number of nitrogens with zero attached hydrogens (tertiary/aromatic N) is 2. The molecule has 1 N–H and O–H groups in total.